The standard InChI is InChI=1S/C15H18OS/c1-15(2,3)12-8-6-11(7-9-12)14(16)13-5-4-10-17-13/h4-10,14,16H,1-3H3. The smallest absolute Gasteiger partial charge is 0.113 e. The Kier molecular flexibility index (Phi) is 3.36. The second kappa shape index (κ2) is 4.63. The van der Waals surface area contributed by atoms with E-state index in [-0.39, 0.29) is 5.41 Å². The van der Waals surface area contributed by atoms with E-state index in [1.807, 2.05) is 29.6 Å². The van der Waals surface area contributed by atoms with E-state index >= 15 is 0 Å². The Hall–Kier alpha value is -1.12. The molecule has 1 heterocycles. The van der Waals surface area contributed by atoms with Crippen LogP contribution in [0.15, 0.2) is 41.8 Å². The van der Waals surface area contributed by atoms with Crippen molar-refractivity contribution in [1.82, 2.24) is 0 Å². The van der Waals surface area contributed by atoms with Gasteiger partial charge < -0.3 is 5.11 Å². The minimum atomic E-state index is -0.496. The maximum absolute atomic E-state index is 10.2. The molecule has 0 saturated carbocycles. The molecule has 1 unspecified atom stereocenters. The molecule has 0 radical (unpaired) electrons. The lowest BCUT2D eigenvalue weighted by atomic mass is 9.86. The largest absolute Gasteiger partial charge is 0.383 e. The summed E-state index contributed by atoms with van der Waals surface area (Å²) in [4.78, 5) is 0.994. The van der Waals surface area contributed by atoms with Gasteiger partial charge in [-0.3, -0.25) is 0 Å². The highest BCUT2D eigenvalue weighted by molar-refractivity contribution is 7.10. The van der Waals surface area contributed by atoms with Gasteiger partial charge >= 0.3 is 0 Å². The number of hydrogen-bond acceptors (Lipinski definition) is 2. The summed E-state index contributed by atoms with van der Waals surface area (Å²) in [5, 5.41) is 12.2. The van der Waals surface area contributed by atoms with Gasteiger partial charge in [0.15, 0.2) is 0 Å². The molecule has 0 saturated heterocycles. The zero-order chi connectivity index (χ0) is 12.5. The van der Waals surface area contributed by atoms with Crippen LogP contribution < -0.4 is 0 Å². The summed E-state index contributed by atoms with van der Waals surface area (Å²) >= 11 is 1.59. The number of aliphatic hydroxyl groups is 1. The van der Waals surface area contributed by atoms with Gasteiger partial charge in [0.25, 0.3) is 0 Å². The van der Waals surface area contributed by atoms with Gasteiger partial charge in [0.05, 0.1) is 0 Å². The van der Waals surface area contributed by atoms with E-state index in [1.54, 1.807) is 11.3 Å². The van der Waals surface area contributed by atoms with Crippen molar-refractivity contribution in [3.05, 3.63) is 57.8 Å². The molecule has 2 heteroatoms. The normalized spacial score (nSPS) is 13.6. The van der Waals surface area contributed by atoms with E-state index < -0.39 is 6.10 Å². The van der Waals surface area contributed by atoms with Crippen LogP contribution >= 0.6 is 11.3 Å². The predicted octanol–water partition coefficient (Wildman–Crippen LogP) is 4.13. The fraction of sp³-hybridized carbons (Fsp3) is 0.333. The molecule has 2 rings (SSSR count). The van der Waals surface area contributed by atoms with Crippen LogP contribution in [-0.2, 0) is 5.41 Å². The molecule has 17 heavy (non-hydrogen) atoms. The number of aliphatic hydroxyl groups excluding tert-OH is 1. The molecule has 90 valence electrons. The maximum atomic E-state index is 10.2. The lowest BCUT2D eigenvalue weighted by Crippen LogP contribution is -2.11. The highest BCUT2D eigenvalue weighted by Crippen LogP contribution is 2.28. The summed E-state index contributed by atoms with van der Waals surface area (Å²) in [6.07, 6.45) is -0.496. The molecule has 0 fully saturated rings. The van der Waals surface area contributed by atoms with E-state index in [4.69, 9.17) is 0 Å². The van der Waals surface area contributed by atoms with Crippen LogP contribution in [0, 0.1) is 0 Å². The van der Waals surface area contributed by atoms with Gasteiger partial charge in [-0.1, -0.05) is 51.1 Å². The third kappa shape index (κ3) is 2.76. The summed E-state index contributed by atoms with van der Waals surface area (Å²) in [6, 6.07) is 12.2. The average Bonchev–Trinajstić information content (AvgIpc) is 2.80. The van der Waals surface area contributed by atoms with Crippen molar-refractivity contribution in [2.75, 3.05) is 0 Å². The first-order valence-electron chi connectivity index (χ1n) is 5.80. The summed E-state index contributed by atoms with van der Waals surface area (Å²) in [5.41, 5.74) is 2.41. The van der Waals surface area contributed by atoms with Gasteiger partial charge in [0, 0.05) is 4.88 Å². The summed E-state index contributed by atoms with van der Waals surface area (Å²) in [5.74, 6) is 0. The quantitative estimate of drug-likeness (QED) is 0.845. The first-order chi connectivity index (χ1) is 7.98. The Morgan fingerprint density at radius 3 is 2.18 bits per heavy atom. The average molecular weight is 246 g/mol. The van der Waals surface area contributed by atoms with Crippen LogP contribution in [0.1, 0.15) is 42.9 Å². The zero-order valence-electron chi connectivity index (χ0n) is 10.5. The van der Waals surface area contributed by atoms with E-state index in [9.17, 15) is 5.11 Å². The van der Waals surface area contributed by atoms with Gasteiger partial charge in [-0.15, -0.1) is 11.3 Å². The van der Waals surface area contributed by atoms with E-state index in [0.29, 0.717) is 0 Å². The second-order valence-electron chi connectivity index (χ2n) is 5.29. The van der Waals surface area contributed by atoms with Gasteiger partial charge in [0.1, 0.15) is 6.10 Å². The van der Waals surface area contributed by atoms with Crippen LogP contribution in [0.2, 0.25) is 0 Å². The summed E-state index contributed by atoms with van der Waals surface area (Å²) in [6.45, 7) is 6.58. The maximum Gasteiger partial charge on any atom is 0.113 e. The molecule has 2 aromatic rings. The lowest BCUT2D eigenvalue weighted by molar-refractivity contribution is 0.224. The molecule has 1 aromatic heterocycles. The third-order valence-corrected chi connectivity index (χ3v) is 3.83. The van der Waals surface area contributed by atoms with E-state index in [0.717, 1.165) is 10.4 Å². The molecule has 0 bridgehead atoms. The van der Waals surface area contributed by atoms with Gasteiger partial charge in [-0.05, 0) is 28.0 Å². The van der Waals surface area contributed by atoms with Crippen LogP contribution in [0.25, 0.3) is 0 Å². The minimum Gasteiger partial charge on any atom is -0.383 e. The Bertz CT molecular complexity index is 463. The second-order valence-corrected chi connectivity index (χ2v) is 6.27. The van der Waals surface area contributed by atoms with Crippen molar-refractivity contribution in [1.29, 1.82) is 0 Å². The fourth-order valence-corrected chi connectivity index (χ4v) is 2.51. The van der Waals surface area contributed by atoms with Crippen molar-refractivity contribution < 1.29 is 5.11 Å². The van der Waals surface area contributed by atoms with Crippen molar-refractivity contribution in [3.8, 4) is 0 Å². The minimum absolute atomic E-state index is 0.159. The lowest BCUT2D eigenvalue weighted by Gasteiger charge is -2.19. The molecule has 0 spiro atoms. The van der Waals surface area contributed by atoms with Crippen LogP contribution in [0.3, 0.4) is 0 Å². The Morgan fingerprint density at radius 1 is 1.06 bits per heavy atom. The van der Waals surface area contributed by atoms with Gasteiger partial charge in [-0.25, -0.2) is 0 Å². The predicted molar refractivity (Wildman–Crippen MR) is 73.5 cm³/mol. The SMILES string of the molecule is CC(C)(C)c1ccc(C(O)c2cccs2)cc1. The first-order valence-corrected chi connectivity index (χ1v) is 6.68. The van der Waals surface area contributed by atoms with Crippen LogP contribution in [0.5, 0.6) is 0 Å². The Labute approximate surface area is 107 Å². The van der Waals surface area contributed by atoms with Crippen molar-refractivity contribution in [2.45, 2.75) is 32.3 Å². The molecule has 1 nitrogen and oxygen atoms in total. The third-order valence-electron chi connectivity index (χ3n) is 2.91. The van der Waals surface area contributed by atoms with Crippen molar-refractivity contribution >= 4 is 11.3 Å². The molecule has 1 aromatic carbocycles. The highest BCUT2D eigenvalue weighted by Gasteiger charge is 2.15. The highest BCUT2D eigenvalue weighted by atomic mass is 32.1. The molecular weight excluding hydrogens is 228 g/mol. The van der Waals surface area contributed by atoms with Crippen molar-refractivity contribution in [2.24, 2.45) is 0 Å². The Morgan fingerprint density at radius 2 is 1.71 bits per heavy atom. The van der Waals surface area contributed by atoms with Crippen LogP contribution in [0.4, 0.5) is 0 Å². The monoisotopic (exact) mass is 246 g/mol. The number of thiophene rings is 1. The molecular formula is C15H18OS. The van der Waals surface area contributed by atoms with Crippen molar-refractivity contribution in [3.63, 3.8) is 0 Å². The fourth-order valence-electron chi connectivity index (χ4n) is 1.78. The molecule has 0 aliphatic heterocycles. The number of rotatable bonds is 2. The van der Waals surface area contributed by atoms with E-state index in [2.05, 4.69) is 32.9 Å². The first kappa shape index (κ1) is 12.3. The van der Waals surface area contributed by atoms with Crippen LogP contribution in [-0.4, -0.2) is 5.11 Å². The van der Waals surface area contributed by atoms with Gasteiger partial charge in [0.2, 0.25) is 0 Å². The van der Waals surface area contributed by atoms with Gasteiger partial charge in [-0.2, -0.15) is 0 Å². The summed E-state index contributed by atoms with van der Waals surface area (Å²) < 4.78 is 0. The Balaban J connectivity index is 2.24. The molecule has 1 N–H and O–H groups in total. The summed E-state index contributed by atoms with van der Waals surface area (Å²) in [7, 11) is 0. The zero-order valence-corrected chi connectivity index (χ0v) is 11.3. The van der Waals surface area contributed by atoms with E-state index in [1.165, 1.54) is 5.56 Å². The molecule has 1 atom stereocenters. The molecule has 0 aliphatic carbocycles. The molecule has 0 amide bonds. The molecule has 0 aliphatic rings. The number of hydrogen-bond donors (Lipinski definition) is 1. The number of benzene rings is 1. The topological polar surface area (TPSA) is 20.2 Å².